The number of unbranched alkanes of at least 4 members (excludes halogenated alkanes) is 1. The molecule has 0 spiro atoms. The van der Waals surface area contributed by atoms with Gasteiger partial charge < -0.3 is 19.4 Å². The zero-order valence-electron chi connectivity index (χ0n) is 19.0. The molecule has 0 aromatic rings. The fourth-order valence-electron chi connectivity index (χ4n) is 4.03. The molecule has 6 heteroatoms. The third-order valence-corrected chi connectivity index (χ3v) is 6.21. The van der Waals surface area contributed by atoms with Crippen LogP contribution in [0.4, 0.5) is 0 Å². The smallest absolute Gasteiger partial charge is 0.429 e. The van der Waals surface area contributed by atoms with Gasteiger partial charge in [0.25, 0.3) is 0 Å². The molecule has 0 bridgehead atoms. The molecule has 160 valence electrons. The van der Waals surface area contributed by atoms with Crippen LogP contribution in [0.2, 0.25) is 0 Å². The van der Waals surface area contributed by atoms with Crippen molar-refractivity contribution in [2.75, 3.05) is 13.2 Å². The first-order valence-corrected chi connectivity index (χ1v) is 11.5. The Bertz CT molecular complexity index is 333. The molecule has 0 rings (SSSR count). The fraction of sp³-hybridized carbons (Fsp3) is 1.00. The van der Waals surface area contributed by atoms with E-state index in [1.165, 1.54) is 38.5 Å². The fourth-order valence-corrected chi connectivity index (χ4v) is 4.03. The first-order chi connectivity index (χ1) is 12.9. The second kappa shape index (κ2) is 16.9. The van der Waals surface area contributed by atoms with Crippen LogP contribution in [0.15, 0.2) is 0 Å². The highest BCUT2D eigenvalue weighted by Crippen LogP contribution is 2.25. The van der Waals surface area contributed by atoms with Crippen molar-refractivity contribution in [3.63, 3.8) is 0 Å². The van der Waals surface area contributed by atoms with Crippen molar-refractivity contribution in [1.82, 2.24) is 0 Å². The Balaban J connectivity index is 4.04. The standard InChI is InChI=1S/C21H46B2O4/c1-7-11-13-18(5)21(10-4)15-17-27-23(25)22(24)26-16-14-19(6)20(9-3)12-8-2/h18-21,24-25H,7-17H2,1-6H3. The van der Waals surface area contributed by atoms with Crippen LogP contribution >= 0.6 is 0 Å². The molecule has 27 heavy (non-hydrogen) atoms. The van der Waals surface area contributed by atoms with Crippen molar-refractivity contribution < 1.29 is 19.4 Å². The number of hydrogen-bond donors (Lipinski definition) is 2. The molecule has 0 radical (unpaired) electrons. The topological polar surface area (TPSA) is 58.9 Å². The quantitative estimate of drug-likeness (QED) is 0.321. The van der Waals surface area contributed by atoms with Crippen LogP contribution in [0.1, 0.15) is 99.3 Å². The molecular formula is C21H46B2O4. The van der Waals surface area contributed by atoms with Crippen molar-refractivity contribution >= 4 is 14.0 Å². The minimum Gasteiger partial charge on any atom is -0.429 e. The highest BCUT2D eigenvalue weighted by molar-refractivity contribution is 7.09. The molecule has 0 saturated carbocycles. The van der Waals surface area contributed by atoms with E-state index < -0.39 is 14.0 Å². The monoisotopic (exact) mass is 384 g/mol. The summed E-state index contributed by atoms with van der Waals surface area (Å²) in [6, 6.07) is 0. The average Bonchev–Trinajstić information content (AvgIpc) is 2.66. The summed E-state index contributed by atoms with van der Waals surface area (Å²) >= 11 is 0. The maximum Gasteiger partial charge on any atom is 0.485 e. The van der Waals surface area contributed by atoms with Crippen LogP contribution in [0.25, 0.3) is 0 Å². The van der Waals surface area contributed by atoms with E-state index in [9.17, 15) is 10.0 Å². The molecule has 4 nitrogen and oxygen atoms in total. The predicted molar refractivity (Wildman–Crippen MR) is 117 cm³/mol. The van der Waals surface area contributed by atoms with E-state index in [1.807, 2.05) is 0 Å². The Morgan fingerprint density at radius 3 is 1.63 bits per heavy atom. The molecule has 0 fully saturated rings. The summed E-state index contributed by atoms with van der Waals surface area (Å²) in [5, 5.41) is 20.0. The SMILES string of the molecule is CCCCC(C)C(CC)CCOB(O)B(O)OCCC(C)C(CC)CCC. The first-order valence-electron chi connectivity index (χ1n) is 11.5. The summed E-state index contributed by atoms with van der Waals surface area (Å²) in [6.07, 6.45) is 10.3. The molecule has 4 atom stereocenters. The van der Waals surface area contributed by atoms with Crippen molar-refractivity contribution in [1.29, 1.82) is 0 Å². The molecule has 0 heterocycles. The van der Waals surface area contributed by atoms with Gasteiger partial charge in [0.2, 0.25) is 0 Å². The maximum atomic E-state index is 9.99. The van der Waals surface area contributed by atoms with Crippen LogP contribution < -0.4 is 0 Å². The Labute approximate surface area is 170 Å². The van der Waals surface area contributed by atoms with Gasteiger partial charge in [-0.3, -0.25) is 0 Å². The Morgan fingerprint density at radius 2 is 1.15 bits per heavy atom. The molecule has 4 unspecified atom stereocenters. The van der Waals surface area contributed by atoms with Crippen molar-refractivity contribution in [2.45, 2.75) is 99.3 Å². The molecule has 0 aromatic carbocycles. The summed E-state index contributed by atoms with van der Waals surface area (Å²) in [6.45, 7) is 14.4. The van der Waals surface area contributed by atoms with E-state index in [0.29, 0.717) is 36.9 Å². The van der Waals surface area contributed by atoms with Crippen molar-refractivity contribution in [3.05, 3.63) is 0 Å². The van der Waals surface area contributed by atoms with Gasteiger partial charge in [-0.2, -0.15) is 0 Å². The van der Waals surface area contributed by atoms with E-state index in [4.69, 9.17) is 9.31 Å². The second-order valence-corrected chi connectivity index (χ2v) is 8.32. The lowest BCUT2D eigenvalue weighted by Gasteiger charge is -2.24. The summed E-state index contributed by atoms with van der Waals surface area (Å²) in [7, 11) is -2.53. The summed E-state index contributed by atoms with van der Waals surface area (Å²) < 4.78 is 10.8. The Morgan fingerprint density at radius 1 is 0.667 bits per heavy atom. The van der Waals surface area contributed by atoms with Crippen LogP contribution in [-0.2, 0) is 9.31 Å². The van der Waals surface area contributed by atoms with Gasteiger partial charge in [-0.25, -0.2) is 0 Å². The highest BCUT2D eigenvalue weighted by atomic mass is 16.6. The lowest BCUT2D eigenvalue weighted by atomic mass is 9.49. The largest absolute Gasteiger partial charge is 0.485 e. The lowest BCUT2D eigenvalue weighted by Crippen LogP contribution is -2.42. The van der Waals surface area contributed by atoms with Gasteiger partial charge in [0, 0.05) is 13.2 Å². The molecule has 2 N–H and O–H groups in total. The summed E-state index contributed by atoms with van der Waals surface area (Å²) in [4.78, 5) is 0. The van der Waals surface area contributed by atoms with E-state index >= 15 is 0 Å². The minimum atomic E-state index is -1.26. The van der Waals surface area contributed by atoms with Gasteiger partial charge in [-0.05, 0) is 36.5 Å². The third-order valence-electron chi connectivity index (χ3n) is 6.21. The van der Waals surface area contributed by atoms with Crippen LogP contribution in [0.5, 0.6) is 0 Å². The molecule has 0 aliphatic rings. The van der Waals surface area contributed by atoms with Gasteiger partial charge >= 0.3 is 14.0 Å². The van der Waals surface area contributed by atoms with Crippen molar-refractivity contribution in [2.24, 2.45) is 23.7 Å². The average molecular weight is 384 g/mol. The highest BCUT2D eigenvalue weighted by Gasteiger charge is 2.33. The molecule has 0 saturated heterocycles. The third kappa shape index (κ3) is 12.2. The van der Waals surface area contributed by atoms with Gasteiger partial charge in [0.1, 0.15) is 0 Å². The zero-order chi connectivity index (χ0) is 20.7. The molecule has 0 aromatic heterocycles. The lowest BCUT2D eigenvalue weighted by molar-refractivity contribution is 0.186. The zero-order valence-corrected chi connectivity index (χ0v) is 19.0. The molecule has 0 amide bonds. The molecule has 0 aliphatic carbocycles. The molecular weight excluding hydrogens is 338 g/mol. The maximum absolute atomic E-state index is 9.99. The van der Waals surface area contributed by atoms with Gasteiger partial charge in [0.15, 0.2) is 0 Å². The number of rotatable bonds is 18. The van der Waals surface area contributed by atoms with Gasteiger partial charge in [-0.15, -0.1) is 0 Å². The van der Waals surface area contributed by atoms with E-state index in [-0.39, 0.29) is 0 Å². The minimum absolute atomic E-state index is 0.453. The Kier molecular flexibility index (Phi) is 16.9. The van der Waals surface area contributed by atoms with Crippen LogP contribution in [0.3, 0.4) is 0 Å². The normalized spacial score (nSPS) is 16.0. The summed E-state index contributed by atoms with van der Waals surface area (Å²) in [5.74, 6) is 2.55. The predicted octanol–water partition coefficient (Wildman–Crippen LogP) is 5.15. The van der Waals surface area contributed by atoms with Crippen LogP contribution in [-0.4, -0.2) is 37.3 Å². The van der Waals surface area contributed by atoms with E-state index in [1.54, 1.807) is 0 Å². The van der Waals surface area contributed by atoms with Gasteiger partial charge in [0.05, 0.1) is 0 Å². The van der Waals surface area contributed by atoms with Crippen LogP contribution in [0, 0.1) is 23.7 Å². The van der Waals surface area contributed by atoms with Gasteiger partial charge in [-0.1, -0.05) is 86.5 Å². The van der Waals surface area contributed by atoms with Crippen molar-refractivity contribution in [3.8, 4) is 0 Å². The summed E-state index contributed by atoms with van der Waals surface area (Å²) in [5.41, 5.74) is 0. The number of hydrogen-bond acceptors (Lipinski definition) is 4. The van der Waals surface area contributed by atoms with E-state index in [0.717, 1.165) is 19.3 Å². The van der Waals surface area contributed by atoms with E-state index in [2.05, 4.69) is 41.5 Å². The first kappa shape index (κ1) is 27.0. The Hall–Kier alpha value is -0.0301. The molecule has 0 aliphatic heterocycles. The second-order valence-electron chi connectivity index (χ2n) is 8.32.